The number of hydrogen-bond donors (Lipinski definition) is 0. The minimum Gasteiger partial charge on any atom is -0.414 e. The van der Waals surface area contributed by atoms with Crippen LogP contribution in [-0.2, 0) is 21.3 Å². The van der Waals surface area contributed by atoms with Gasteiger partial charge in [0.15, 0.2) is 0 Å². The van der Waals surface area contributed by atoms with Gasteiger partial charge in [-0.3, -0.25) is 14.2 Å². The Bertz CT molecular complexity index is 1130. The standard InChI is InChI=1S/C19H22F2N6O4S2/c20-17(21)19-25-24-18(31-19)15-12-23-16(32-15)13-27(14-3-1-4-22-11-14)33(28,29)10-7-26-5-2-8-30-9-6-26/h1,3-4,11-12,17H,2,5-10,13H2. The number of anilines is 1. The number of aromatic nitrogens is 4. The highest BCUT2D eigenvalue weighted by Crippen LogP contribution is 2.29. The third-order valence-corrected chi connectivity index (χ3v) is 7.60. The van der Waals surface area contributed by atoms with E-state index in [1.165, 1.54) is 16.7 Å². The van der Waals surface area contributed by atoms with E-state index in [0.29, 0.717) is 41.9 Å². The molecule has 0 aliphatic carbocycles. The molecule has 1 aliphatic heterocycles. The first kappa shape index (κ1) is 23.6. The first-order valence-electron chi connectivity index (χ1n) is 10.2. The lowest BCUT2D eigenvalue weighted by atomic mass is 10.4. The third kappa shape index (κ3) is 6.07. The maximum atomic E-state index is 13.3. The van der Waals surface area contributed by atoms with Crippen LogP contribution in [0.1, 0.15) is 23.7 Å². The van der Waals surface area contributed by atoms with Crippen LogP contribution in [0.3, 0.4) is 0 Å². The smallest absolute Gasteiger partial charge is 0.314 e. The fourth-order valence-electron chi connectivity index (χ4n) is 3.25. The molecule has 0 radical (unpaired) electrons. The summed E-state index contributed by atoms with van der Waals surface area (Å²) in [6.07, 6.45) is 2.41. The highest BCUT2D eigenvalue weighted by molar-refractivity contribution is 7.92. The van der Waals surface area contributed by atoms with E-state index in [2.05, 4.69) is 25.1 Å². The van der Waals surface area contributed by atoms with Crippen molar-refractivity contribution in [1.29, 1.82) is 0 Å². The monoisotopic (exact) mass is 500 g/mol. The molecule has 10 nitrogen and oxygen atoms in total. The molecule has 4 rings (SSSR count). The third-order valence-electron chi connectivity index (χ3n) is 4.92. The normalized spacial score (nSPS) is 15.6. The van der Waals surface area contributed by atoms with Gasteiger partial charge in [-0.2, -0.15) is 8.78 Å². The summed E-state index contributed by atoms with van der Waals surface area (Å²) in [6, 6.07) is 3.31. The second-order valence-corrected chi connectivity index (χ2v) is 10.3. The number of alkyl halides is 2. The van der Waals surface area contributed by atoms with Gasteiger partial charge in [0.25, 0.3) is 11.8 Å². The molecule has 0 spiro atoms. The molecule has 14 heteroatoms. The maximum Gasteiger partial charge on any atom is 0.314 e. The van der Waals surface area contributed by atoms with Gasteiger partial charge >= 0.3 is 6.43 Å². The molecule has 0 atom stereocenters. The van der Waals surface area contributed by atoms with Crippen LogP contribution >= 0.6 is 11.3 Å². The van der Waals surface area contributed by atoms with Crippen LogP contribution in [0, 0.1) is 0 Å². The summed E-state index contributed by atoms with van der Waals surface area (Å²) < 4.78 is 63.7. The summed E-state index contributed by atoms with van der Waals surface area (Å²) in [7, 11) is -3.72. The van der Waals surface area contributed by atoms with E-state index in [-0.39, 0.29) is 18.2 Å². The highest BCUT2D eigenvalue weighted by atomic mass is 32.2. The molecule has 0 bridgehead atoms. The second-order valence-electron chi connectivity index (χ2n) is 7.21. The number of ether oxygens (including phenoxy) is 1. The summed E-state index contributed by atoms with van der Waals surface area (Å²) in [5.41, 5.74) is 0.409. The molecule has 0 unspecified atom stereocenters. The molecule has 4 heterocycles. The number of sulfonamides is 1. The number of pyridine rings is 1. The fourth-order valence-corrected chi connectivity index (χ4v) is 5.62. The lowest BCUT2D eigenvalue weighted by Gasteiger charge is -2.25. The molecule has 33 heavy (non-hydrogen) atoms. The van der Waals surface area contributed by atoms with Crippen molar-refractivity contribution in [1.82, 2.24) is 25.1 Å². The first-order chi connectivity index (χ1) is 15.9. The zero-order chi connectivity index (χ0) is 23.3. The summed E-state index contributed by atoms with van der Waals surface area (Å²) in [5.74, 6) is -0.951. The second kappa shape index (κ2) is 10.6. The van der Waals surface area contributed by atoms with E-state index in [1.54, 1.807) is 18.3 Å². The van der Waals surface area contributed by atoms with Crippen LogP contribution in [0.5, 0.6) is 0 Å². The Hall–Kier alpha value is -2.55. The molecule has 3 aromatic rings. The van der Waals surface area contributed by atoms with E-state index in [1.807, 2.05) is 0 Å². The van der Waals surface area contributed by atoms with Gasteiger partial charge in [0.1, 0.15) is 9.88 Å². The number of nitrogens with zero attached hydrogens (tertiary/aromatic N) is 6. The summed E-state index contributed by atoms with van der Waals surface area (Å²) in [6.45, 7) is 3.06. The van der Waals surface area contributed by atoms with Crippen molar-refractivity contribution in [2.24, 2.45) is 0 Å². The van der Waals surface area contributed by atoms with Gasteiger partial charge in [-0.15, -0.1) is 21.5 Å². The molecular weight excluding hydrogens is 478 g/mol. The van der Waals surface area contributed by atoms with Gasteiger partial charge in [-0.05, 0) is 18.6 Å². The van der Waals surface area contributed by atoms with Gasteiger partial charge in [0.2, 0.25) is 10.0 Å². The number of thiazole rings is 1. The van der Waals surface area contributed by atoms with Gasteiger partial charge in [-0.1, -0.05) is 0 Å². The Morgan fingerprint density at radius 2 is 2.09 bits per heavy atom. The van der Waals surface area contributed by atoms with E-state index in [4.69, 9.17) is 9.15 Å². The van der Waals surface area contributed by atoms with Gasteiger partial charge in [0.05, 0.1) is 37.0 Å². The Morgan fingerprint density at radius 1 is 1.21 bits per heavy atom. The Kier molecular flexibility index (Phi) is 7.57. The molecule has 0 amide bonds. The molecule has 1 fully saturated rings. The minimum absolute atomic E-state index is 0.0440. The molecule has 1 aliphatic rings. The molecule has 178 valence electrons. The quantitative estimate of drug-likeness (QED) is 0.437. The fraction of sp³-hybridized carbons (Fsp3) is 0.474. The predicted octanol–water partition coefficient (Wildman–Crippen LogP) is 2.58. The van der Waals surface area contributed by atoms with Crippen molar-refractivity contribution in [2.45, 2.75) is 19.4 Å². The SMILES string of the molecule is O=S(=O)(CCN1CCCOCC1)N(Cc1ncc(-c2nnc(C(F)F)o2)s1)c1cccnc1. The summed E-state index contributed by atoms with van der Waals surface area (Å²) >= 11 is 1.09. The average Bonchev–Trinajstić information content (AvgIpc) is 3.41. The van der Waals surface area contributed by atoms with Gasteiger partial charge in [0, 0.05) is 32.4 Å². The van der Waals surface area contributed by atoms with E-state index < -0.39 is 22.3 Å². The van der Waals surface area contributed by atoms with Crippen molar-refractivity contribution in [2.75, 3.05) is 42.9 Å². The predicted molar refractivity (Wildman–Crippen MR) is 116 cm³/mol. The maximum absolute atomic E-state index is 13.3. The molecule has 3 aromatic heterocycles. The van der Waals surface area contributed by atoms with Crippen LogP contribution in [0.15, 0.2) is 35.1 Å². The number of hydrogen-bond acceptors (Lipinski definition) is 10. The summed E-state index contributed by atoms with van der Waals surface area (Å²) in [5, 5.41) is 7.36. The average molecular weight is 501 g/mol. The van der Waals surface area contributed by atoms with Crippen LogP contribution in [0.4, 0.5) is 14.5 Å². The topological polar surface area (TPSA) is 115 Å². The van der Waals surface area contributed by atoms with E-state index in [9.17, 15) is 17.2 Å². The van der Waals surface area contributed by atoms with Crippen molar-refractivity contribution < 1.29 is 26.4 Å². The van der Waals surface area contributed by atoms with Crippen molar-refractivity contribution in [3.63, 3.8) is 0 Å². The van der Waals surface area contributed by atoms with Gasteiger partial charge in [-0.25, -0.2) is 13.4 Å². The molecule has 0 aromatic carbocycles. The Morgan fingerprint density at radius 3 is 2.85 bits per heavy atom. The number of rotatable bonds is 9. The largest absolute Gasteiger partial charge is 0.414 e. The lowest BCUT2D eigenvalue weighted by Crippen LogP contribution is -2.38. The van der Waals surface area contributed by atoms with Crippen molar-refractivity contribution in [3.05, 3.63) is 41.6 Å². The molecule has 0 saturated carbocycles. The Labute approximate surface area is 193 Å². The summed E-state index contributed by atoms with van der Waals surface area (Å²) in [4.78, 5) is 10.7. The van der Waals surface area contributed by atoms with Crippen LogP contribution in [0.25, 0.3) is 10.8 Å². The number of halogens is 2. The van der Waals surface area contributed by atoms with Crippen LogP contribution in [0.2, 0.25) is 0 Å². The molecule has 0 N–H and O–H groups in total. The van der Waals surface area contributed by atoms with Crippen molar-refractivity contribution in [3.8, 4) is 10.8 Å². The van der Waals surface area contributed by atoms with Crippen LogP contribution in [-0.4, -0.2) is 72.1 Å². The van der Waals surface area contributed by atoms with E-state index >= 15 is 0 Å². The first-order valence-corrected chi connectivity index (χ1v) is 12.6. The van der Waals surface area contributed by atoms with Crippen molar-refractivity contribution >= 4 is 27.0 Å². The van der Waals surface area contributed by atoms with E-state index in [0.717, 1.165) is 24.3 Å². The molecule has 1 saturated heterocycles. The van der Waals surface area contributed by atoms with Gasteiger partial charge < -0.3 is 9.15 Å². The lowest BCUT2D eigenvalue weighted by molar-refractivity contribution is 0.116. The zero-order valence-electron chi connectivity index (χ0n) is 17.5. The molecular formula is C19H22F2N6O4S2. The zero-order valence-corrected chi connectivity index (χ0v) is 19.1. The Balaban J connectivity index is 1.52. The van der Waals surface area contributed by atoms with Crippen LogP contribution < -0.4 is 4.31 Å². The minimum atomic E-state index is -3.72. The highest BCUT2D eigenvalue weighted by Gasteiger charge is 2.26.